The zero-order valence-electron chi connectivity index (χ0n) is 12.7. The Morgan fingerprint density at radius 2 is 1.89 bits per heavy atom. The highest BCUT2D eigenvalue weighted by Crippen LogP contribution is 2.23. The van der Waals surface area contributed by atoms with Gasteiger partial charge in [-0.15, -0.1) is 0 Å². The maximum atomic E-state index is 11.0. The van der Waals surface area contributed by atoms with Crippen LogP contribution >= 0.6 is 0 Å². The summed E-state index contributed by atoms with van der Waals surface area (Å²) in [6, 6.07) is 2.02. The smallest absolute Gasteiger partial charge is 0.337 e. The van der Waals surface area contributed by atoms with E-state index in [9.17, 15) is 4.79 Å². The Morgan fingerprint density at radius 1 is 1.26 bits per heavy atom. The van der Waals surface area contributed by atoms with Crippen molar-refractivity contribution in [3.05, 3.63) is 12.7 Å². The van der Waals surface area contributed by atoms with E-state index in [0.29, 0.717) is 0 Å². The number of esters is 1. The van der Waals surface area contributed by atoms with Crippen molar-refractivity contribution in [2.75, 3.05) is 14.2 Å². The van der Waals surface area contributed by atoms with Crippen molar-refractivity contribution >= 4 is 14.5 Å². The number of unbranched alkanes of at least 4 members (excludes halogenated alkanes) is 1. The van der Waals surface area contributed by atoms with Gasteiger partial charge in [0.15, 0.2) is 0 Å². The first-order chi connectivity index (χ1) is 9.03. The molecule has 0 rings (SSSR count). The Hall–Kier alpha value is -0.653. The van der Waals surface area contributed by atoms with Gasteiger partial charge >= 0.3 is 14.5 Å². The first-order valence-corrected chi connectivity index (χ1v) is 9.20. The van der Waals surface area contributed by atoms with E-state index in [4.69, 9.17) is 13.6 Å². The number of ether oxygens (including phenoxy) is 1. The molecule has 0 aromatic carbocycles. The lowest BCUT2D eigenvalue weighted by atomic mass is 10.2. The van der Waals surface area contributed by atoms with Crippen molar-refractivity contribution in [3.63, 3.8) is 0 Å². The summed E-state index contributed by atoms with van der Waals surface area (Å²) in [5, 5.41) is 0. The van der Waals surface area contributed by atoms with Gasteiger partial charge in [-0.05, 0) is 31.9 Å². The van der Waals surface area contributed by atoms with Crippen LogP contribution < -0.4 is 0 Å². The van der Waals surface area contributed by atoms with E-state index in [1.165, 1.54) is 6.08 Å². The van der Waals surface area contributed by atoms with Gasteiger partial charge in [0.2, 0.25) is 0 Å². The summed E-state index contributed by atoms with van der Waals surface area (Å²) in [5.74, 6) is -0.351. The molecule has 0 spiro atoms. The van der Waals surface area contributed by atoms with E-state index >= 15 is 0 Å². The predicted molar refractivity (Wildman–Crippen MR) is 79.3 cm³/mol. The second kappa shape index (κ2) is 10.2. The van der Waals surface area contributed by atoms with Crippen LogP contribution in [0.3, 0.4) is 0 Å². The third-order valence-electron chi connectivity index (χ3n) is 3.28. The van der Waals surface area contributed by atoms with Gasteiger partial charge in [0.05, 0.1) is 6.10 Å². The van der Waals surface area contributed by atoms with E-state index in [0.717, 1.165) is 37.8 Å². The van der Waals surface area contributed by atoms with E-state index in [-0.39, 0.29) is 12.1 Å². The minimum Gasteiger partial charge on any atom is -0.460 e. The second-order valence-corrected chi connectivity index (χ2v) is 8.40. The highest BCUT2D eigenvalue weighted by Gasteiger charge is 2.33. The van der Waals surface area contributed by atoms with Crippen molar-refractivity contribution in [2.45, 2.75) is 57.7 Å². The van der Waals surface area contributed by atoms with Crippen LogP contribution in [-0.2, 0) is 18.4 Å². The molecule has 0 fully saturated rings. The lowest BCUT2D eigenvalue weighted by Gasteiger charge is -2.27. The molecule has 5 heteroatoms. The SMILES string of the molecule is C=CC(=O)OC(C)CCCC[Si](CCC)(OC)OC. The topological polar surface area (TPSA) is 44.8 Å². The van der Waals surface area contributed by atoms with Gasteiger partial charge in [0.1, 0.15) is 0 Å². The third kappa shape index (κ3) is 7.50. The van der Waals surface area contributed by atoms with Crippen molar-refractivity contribution in [2.24, 2.45) is 0 Å². The number of hydrogen-bond acceptors (Lipinski definition) is 4. The fourth-order valence-electron chi connectivity index (χ4n) is 2.13. The van der Waals surface area contributed by atoms with Gasteiger partial charge < -0.3 is 13.6 Å². The Balaban J connectivity index is 3.93. The zero-order valence-corrected chi connectivity index (χ0v) is 13.7. The molecular weight excluding hydrogens is 260 g/mol. The summed E-state index contributed by atoms with van der Waals surface area (Å²) in [7, 11) is 1.52. The summed E-state index contributed by atoms with van der Waals surface area (Å²) in [4.78, 5) is 11.0. The molecule has 0 aromatic rings. The molecule has 0 aliphatic heterocycles. The molecule has 0 amide bonds. The molecule has 19 heavy (non-hydrogen) atoms. The van der Waals surface area contributed by atoms with Crippen LogP contribution in [0.2, 0.25) is 12.1 Å². The van der Waals surface area contributed by atoms with Crippen LogP contribution in [0.1, 0.15) is 39.5 Å². The Bertz CT molecular complexity index is 264. The minimum atomic E-state index is -1.98. The first kappa shape index (κ1) is 18.3. The number of carbonyl (C=O) groups excluding carboxylic acids is 1. The monoisotopic (exact) mass is 288 g/mol. The fourth-order valence-corrected chi connectivity index (χ4v) is 4.91. The predicted octanol–water partition coefficient (Wildman–Crippen LogP) is 3.42. The molecule has 0 aromatic heterocycles. The van der Waals surface area contributed by atoms with Gasteiger partial charge in [-0.2, -0.15) is 0 Å². The molecular formula is C14H28O4Si. The quantitative estimate of drug-likeness (QED) is 0.253. The molecule has 112 valence electrons. The highest BCUT2D eigenvalue weighted by atomic mass is 28.4. The molecule has 1 atom stereocenters. The standard InChI is InChI=1S/C14H28O4Si/c1-6-11-19(16-4,17-5)12-9-8-10-13(3)18-14(15)7-2/h7,13H,2,6,8-12H2,1,3-5H3. The van der Waals surface area contributed by atoms with E-state index in [1.807, 2.05) is 6.92 Å². The molecule has 0 radical (unpaired) electrons. The zero-order chi connectivity index (χ0) is 14.7. The molecule has 0 aliphatic carbocycles. The summed E-state index contributed by atoms with van der Waals surface area (Å²) in [6.45, 7) is 7.44. The molecule has 0 saturated carbocycles. The van der Waals surface area contributed by atoms with Gasteiger partial charge in [-0.25, -0.2) is 4.79 Å². The van der Waals surface area contributed by atoms with Crippen molar-refractivity contribution in [1.82, 2.24) is 0 Å². The largest absolute Gasteiger partial charge is 0.460 e. The summed E-state index contributed by atoms with van der Waals surface area (Å²) in [6.07, 6.45) is 5.15. The van der Waals surface area contributed by atoms with Crippen LogP contribution in [0, 0.1) is 0 Å². The average molecular weight is 288 g/mol. The highest BCUT2D eigenvalue weighted by molar-refractivity contribution is 6.67. The molecule has 0 heterocycles. The van der Waals surface area contributed by atoms with E-state index in [1.54, 1.807) is 14.2 Å². The minimum absolute atomic E-state index is 0.0576. The Kier molecular flexibility index (Phi) is 9.82. The molecule has 0 aliphatic rings. The van der Waals surface area contributed by atoms with Gasteiger partial charge in [-0.1, -0.05) is 26.3 Å². The van der Waals surface area contributed by atoms with Crippen molar-refractivity contribution < 1.29 is 18.4 Å². The number of hydrogen-bond donors (Lipinski definition) is 0. The van der Waals surface area contributed by atoms with Gasteiger partial charge in [-0.3, -0.25) is 0 Å². The van der Waals surface area contributed by atoms with E-state index < -0.39 is 8.56 Å². The summed E-state index contributed by atoms with van der Waals surface area (Å²) in [5.41, 5.74) is 0. The average Bonchev–Trinajstić information content (AvgIpc) is 2.42. The van der Waals surface area contributed by atoms with Gasteiger partial charge in [0, 0.05) is 20.3 Å². The summed E-state index contributed by atoms with van der Waals surface area (Å²) >= 11 is 0. The normalized spacial score (nSPS) is 13.1. The first-order valence-electron chi connectivity index (χ1n) is 6.97. The third-order valence-corrected chi connectivity index (χ3v) is 7.14. The van der Waals surface area contributed by atoms with Crippen LogP contribution in [0.5, 0.6) is 0 Å². The fraction of sp³-hybridized carbons (Fsp3) is 0.786. The molecule has 1 unspecified atom stereocenters. The van der Waals surface area contributed by atoms with Crippen LogP contribution in [0.4, 0.5) is 0 Å². The molecule has 0 saturated heterocycles. The Labute approximate surface area is 118 Å². The Morgan fingerprint density at radius 3 is 2.37 bits per heavy atom. The summed E-state index contributed by atoms with van der Waals surface area (Å²) < 4.78 is 16.4. The molecule has 4 nitrogen and oxygen atoms in total. The van der Waals surface area contributed by atoms with E-state index in [2.05, 4.69) is 13.5 Å². The van der Waals surface area contributed by atoms with Crippen LogP contribution in [0.25, 0.3) is 0 Å². The lowest BCUT2D eigenvalue weighted by molar-refractivity contribution is -0.142. The molecule has 0 bridgehead atoms. The van der Waals surface area contributed by atoms with Crippen molar-refractivity contribution in [1.29, 1.82) is 0 Å². The second-order valence-electron chi connectivity index (χ2n) is 4.77. The maximum absolute atomic E-state index is 11.0. The van der Waals surface area contributed by atoms with Crippen molar-refractivity contribution in [3.8, 4) is 0 Å². The van der Waals surface area contributed by atoms with Crippen LogP contribution in [0.15, 0.2) is 12.7 Å². The van der Waals surface area contributed by atoms with Crippen LogP contribution in [-0.4, -0.2) is 34.9 Å². The maximum Gasteiger partial charge on any atom is 0.337 e. The van der Waals surface area contributed by atoms with Gasteiger partial charge in [0.25, 0.3) is 0 Å². The molecule has 0 N–H and O–H groups in total. The number of rotatable bonds is 11. The lowest BCUT2D eigenvalue weighted by Crippen LogP contribution is -2.39. The number of carbonyl (C=O) groups is 1.